The van der Waals surface area contributed by atoms with Gasteiger partial charge in [0, 0.05) is 82.8 Å². The average Bonchev–Trinajstić information content (AvgIpc) is 2.94. The van der Waals surface area contributed by atoms with Crippen molar-refractivity contribution in [3.63, 3.8) is 0 Å². The lowest BCUT2D eigenvalue weighted by molar-refractivity contribution is -0.385. The first kappa shape index (κ1) is 36.6. The van der Waals surface area contributed by atoms with Crippen LogP contribution in [0.4, 0.5) is 21.0 Å². The van der Waals surface area contributed by atoms with E-state index in [1.165, 1.54) is 5.56 Å². The third kappa shape index (κ3) is 11.8. The maximum atomic E-state index is 12.1. The summed E-state index contributed by atoms with van der Waals surface area (Å²) >= 11 is 0. The number of carbonyl (C=O) groups is 2. The molecule has 0 spiro atoms. The molecular weight excluding hydrogens is 588 g/mol. The summed E-state index contributed by atoms with van der Waals surface area (Å²) < 4.78 is 10.8. The number of benzene rings is 2. The first-order valence-electron chi connectivity index (χ1n) is 15.9. The molecule has 0 aromatic heterocycles. The summed E-state index contributed by atoms with van der Waals surface area (Å²) in [6.07, 6.45) is -0.523. The van der Waals surface area contributed by atoms with Crippen molar-refractivity contribution in [3.8, 4) is 0 Å². The summed E-state index contributed by atoms with van der Waals surface area (Å²) in [5.41, 5.74) is 10.0. The summed E-state index contributed by atoms with van der Waals surface area (Å²) in [5.74, 6) is 0. The number of aryl methyl sites for hydroxylation is 2. The fourth-order valence-corrected chi connectivity index (χ4v) is 5.15. The SMILES string of the molecule is Cc1ccc(CN2CCN(C(=O)OC(C)(C)C)CC2)c(N)c1.Cc1ccc(CN2CCN(C(=O)OC(C)(C)C)CC2)c([N+](=O)[O-])c1. The highest BCUT2D eigenvalue weighted by Crippen LogP contribution is 2.23. The van der Waals surface area contributed by atoms with Crippen molar-refractivity contribution in [1.29, 1.82) is 0 Å². The van der Waals surface area contributed by atoms with Crippen LogP contribution in [-0.2, 0) is 22.6 Å². The molecule has 0 atom stereocenters. The Kier molecular flexibility index (Phi) is 12.4. The molecule has 0 aliphatic carbocycles. The molecule has 46 heavy (non-hydrogen) atoms. The zero-order chi connectivity index (χ0) is 34.2. The van der Waals surface area contributed by atoms with Crippen LogP contribution in [0.25, 0.3) is 0 Å². The number of hydrogen-bond donors (Lipinski definition) is 1. The molecule has 2 saturated heterocycles. The van der Waals surface area contributed by atoms with Gasteiger partial charge in [-0.25, -0.2) is 9.59 Å². The third-order valence-electron chi connectivity index (χ3n) is 7.57. The molecule has 2 aliphatic heterocycles. The van der Waals surface area contributed by atoms with Crippen LogP contribution >= 0.6 is 0 Å². The van der Waals surface area contributed by atoms with Gasteiger partial charge in [-0.1, -0.05) is 24.3 Å². The van der Waals surface area contributed by atoms with E-state index in [1.807, 2.05) is 73.6 Å². The molecule has 0 saturated carbocycles. The van der Waals surface area contributed by atoms with Crippen molar-refractivity contribution >= 4 is 23.6 Å². The van der Waals surface area contributed by atoms with E-state index in [1.54, 1.807) is 15.9 Å². The van der Waals surface area contributed by atoms with Crippen LogP contribution in [-0.4, -0.2) is 100 Å². The fourth-order valence-electron chi connectivity index (χ4n) is 5.15. The Hall–Kier alpha value is -3.90. The van der Waals surface area contributed by atoms with Gasteiger partial charge >= 0.3 is 12.2 Å². The Morgan fingerprint density at radius 1 is 0.717 bits per heavy atom. The van der Waals surface area contributed by atoms with Crippen LogP contribution in [0.5, 0.6) is 0 Å². The average molecular weight is 641 g/mol. The van der Waals surface area contributed by atoms with Gasteiger partial charge in [0.05, 0.1) is 4.92 Å². The largest absolute Gasteiger partial charge is 0.444 e. The van der Waals surface area contributed by atoms with E-state index in [9.17, 15) is 19.7 Å². The summed E-state index contributed by atoms with van der Waals surface area (Å²) in [6, 6.07) is 11.5. The second-order valence-electron chi connectivity index (χ2n) is 14.1. The van der Waals surface area contributed by atoms with E-state index < -0.39 is 11.2 Å². The monoisotopic (exact) mass is 640 g/mol. The second kappa shape index (κ2) is 15.6. The lowest BCUT2D eigenvalue weighted by Crippen LogP contribution is -2.49. The smallest absolute Gasteiger partial charge is 0.410 e. The Bertz CT molecular complexity index is 1350. The molecule has 0 radical (unpaired) electrons. The number of nitrogen functional groups attached to an aromatic ring is 1. The predicted octanol–water partition coefficient (Wildman–Crippen LogP) is 5.59. The maximum Gasteiger partial charge on any atom is 0.410 e. The summed E-state index contributed by atoms with van der Waals surface area (Å²) in [6.45, 7) is 22.0. The molecular formula is C34H52N6O6. The molecule has 2 heterocycles. The fraction of sp³-hybridized carbons (Fsp3) is 0.588. The van der Waals surface area contributed by atoms with Gasteiger partial charge in [0.25, 0.3) is 5.69 Å². The Balaban J connectivity index is 0.000000251. The third-order valence-corrected chi connectivity index (χ3v) is 7.57. The van der Waals surface area contributed by atoms with Crippen molar-refractivity contribution in [2.45, 2.75) is 79.7 Å². The zero-order valence-corrected chi connectivity index (χ0v) is 28.8. The lowest BCUT2D eigenvalue weighted by Gasteiger charge is -2.35. The van der Waals surface area contributed by atoms with Crippen LogP contribution in [0.1, 0.15) is 63.8 Å². The predicted molar refractivity (Wildman–Crippen MR) is 180 cm³/mol. The highest BCUT2D eigenvalue weighted by molar-refractivity contribution is 5.68. The number of piperazine rings is 2. The molecule has 2 aliphatic rings. The van der Waals surface area contributed by atoms with Gasteiger partial charge in [-0.15, -0.1) is 0 Å². The van der Waals surface area contributed by atoms with Crippen LogP contribution in [0.2, 0.25) is 0 Å². The van der Waals surface area contributed by atoms with Crippen molar-refractivity contribution in [1.82, 2.24) is 19.6 Å². The molecule has 4 rings (SSSR count). The normalized spacial score (nSPS) is 16.3. The van der Waals surface area contributed by atoms with Gasteiger partial charge < -0.3 is 25.0 Å². The first-order valence-corrected chi connectivity index (χ1v) is 15.9. The van der Waals surface area contributed by atoms with Crippen LogP contribution in [0, 0.1) is 24.0 Å². The van der Waals surface area contributed by atoms with E-state index in [0.29, 0.717) is 51.4 Å². The second-order valence-corrected chi connectivity index (χ2v) is 14.1. The number of hydrogen-bond acceptors (Lipinski definition) is 9. The maximum absolute atomic E-state index is 12.1. The highest BCUT2D eigenvalue weighted by atomic mass is 16.6. The van der Waals surface area contributed by atoms with Crippen molar-refractivity contribution < 1.29 is 24.0 Å². The minimum absolute atomic E-state index is 0.157. The number of ether oxygens (including phenoxy) is 2. The highest BCUT2D eigenvalue weighted by Gasteiger charge is 2.28. The van der Waals surface area contributed by atoms with Gasteiger partial charge in [0.15, 0.2) is 0 Å². The number of anilines is 1. The van der Waals surface area contributed by atoms with Crippen LogP contribution in [0.3, 0.4) is 0 Å². The lowest BCUT2D eigenvalue weighted by atomic mass is 10.1. The van der Waals surface area contributed by atoms with Crippen molar-refractivity contribution in [2.24, 2.45) is 0 Å². The molecule has 254 valence electrons. The summed E-state index contributed by atoms with van der Waals surface area (Å²) in [7, 11) is 0. The standard InChI is InChI=1S/C17H25N3O4.C17H27N3O2/c1-13-5-6-14(15(11-13)20(22)23)12-18-7-9-19(10-8-18)16(21)24-17(2,3)4;1-13-5-6-14(15(18)11-13)12-19-7-9-20(10-8-19)16(21)22-17(2,3)4/h5-6,11H,7-10,12H2,1-4H3;5-6,11H,7-10,12,18H2,1-4H3. The number of amides is 2. The number of nitro groups is 1. The molecule has 2 N–H and O–H groups in total. The van der Waals surface area contributed by atoms with E-state index >= 15 is 0 Å². The van der Waals surface area contributed by atoms with E-state index in [0.717, 1.165) is 36.4 Å². The van der Waals surface area contributed by atoms with Crippen molar-refractivity contribution in [2.75, 3.05) is 58.1 Å². The van der Waals surface area contributed by atoms with Gasteiger partial charge in [0.2, 0.25) is 0 Å². The van der Waals surface area contributed by atoms with E-state index in [2.05, 4.69) is 21.9 Å². The Morgan fingerprint density at radius 2 is 1.11 bits per heavy atom. The first-order chi connectivity index (χ1) is 21.4. The minimum atomic E-state index is -0.503. The number of rotatable bonds is 5. The molecule has 2 amide bonds. The number of carbonyl (C=O) groups excluding carboxylic acids is 2. The molecule has 2 aromatic carbocycles. The molecule has 0 bridgehead atoms. The van der Waals surface area contributed by atoms with E-state index in [-0.39, 0.29) is 22.8 Å². The van der Waals surface area contributed by atoms with Crippen LogP contribution < -0.4 is 5.73 Å². The van der Waals surface area contributed by atoms with Gasteiger partial charge in [-0.2, -0.15) is 0 Å². The Labute approximate surface area is 273 Å². The zero-order valence-electron chi connectivity index (χ0n) is 28.8. The number of nitrogens with two attached hydrogens (primary N) is 1. The quantitative estimate of drug-likeness (QED) is 0.252. The summed E-state index contributed by atoms with van der Waals surface area (Å²) in [4.78, 5) is 42.9. The molecule has 12 nitrogen and oxygen atoms in total. The number of nitro benzene ring substituents is 1. The molecule has 0 unspecified atom stereocenters. The molecule has 12 heteroatoms. The minimum Gasteiger partial charge on any atom is -0.444 e. The molecule has 2 fully saturated rings. The van der Waals surface area contributed by atoms with Crippen LogP contribution in [0.15, 0.2) is 36.4 Å². The Morgan fingerprint density at radius 3 is 1.50 bits per heavy atom. The van der Waals surface area contributed by atoms with Gasteiger partial charge in [0.1, 0.15) is 11.2 Å². The molecule has 2 aromatic rings. The number of nitrogens with zero attached hydrogens (tertiary/aromatic N) is 5. The van der Waals surface area contributed by atoms with Gasteiger partial charge in [-0.05, 0) is 78.1 Å². The topological polar surface area (TPSA) is 135 Å². The van der Waals surface area contributed by atoms with E-state index in [4.69, 9.17) is 15.2 Å². The summed E-state index contributed by atoms with van der Waals surface area (Å²) in [5, 5.41) is 11.2. The van der Waals surface area contributed by atoms with Crippen molar-refractivity contribution in [3.05, 3.63) is 68.8 Å². The van der Waals surface area contributed by atoms with Gasteiger partial charge in [-0.3, -0.25) is 19.9 Å².